The van der Waals surface area contributed by atoms with Gasteiger partial charge in [0.15, 0.2) is 9.52 Å². The van der Waals surface area contributed by atoms with Crippen LogP contribution in [0.1, 0.15) is 13.8 Å². The predicted octanol–water partition coefficient (Wildman–Crippen LogP) is 4.84. The number of hydrogen-bond acceptors (Lipinski definition) is 3. The molecule has 2 radical (unpaired) electrons. The summed E-state index contributed by atoms with van der Waals surface area (Å²) in [6.07, 6.45) is 0. The molecule has 0 aliphatic heterocycles. The highest BCUT2D eigenvalue weighted by molar-refractivity contribution is 6.54. The first-order chi connectivity index (χ1) is 13.3. The Labute approximate surface area is 164 Å². The van der Waals surface area contributed by atoms with E-state index in [1.54, 1.807) is 0 Å². The van der Waals surface area contributed by atoms with E-state index in [0.717, 1.165) is 17.1 Å². The molecule has 0 N–H and O–H groups in total. The molecule has 0 atom stereocenters. The van der Waals surface area contributed by atoms with E-state index in [-0.39, 0.29) is 5.91 Å². The Morgan fingerprint density at radius 3 is 1.56 bits per heavy atom. The molecule has 3 nitrogen and oxygen atoms in total. The summed E-state index contributed by atoms with van der Waals surface area (Å²) >= 11 is 0. The van der Waals surface area contributed by atoms with Crippen molar-refractivity contribution < 1.29 is 9.47 Å². The highest BCUT2D eigenvalue weighted by Crippen LogP contribution is 2.33. The summed E-state index contributed by atoms with van der Waals surface area (Å²) in [4.78, 5) is 2.26. The smallest absolute Gasteiger partial charge is 0.157 e. The monoisotopic (exact) mass is 375 g/mol. The molecule has 3 aromatic carbocycles. The first-order valence-corrected chi connectivity index (χ1v) is 10.4. The van der Waals surface area contributed by atoms with Gasteiger partial charge in [-0.25, -0.2) is 0 Å². The van der Waals surface area contributed by atoms with Gasteiger partial charge in [0.2, 0.25) is 0 Å². The average Bonchev–Trinajstić information content (AvgIpc) is 2.72. The highest BCUT2D eigenvalue weighted by atomic mass is 28.2. The molecular formula is C23H25NO2Si. The second kappa shape index (κ2) is 10.1. The third-order valence-corrected chi connectivity index (χ3v) is 5.31. The molecule has 3 rings (SSSR count). The normalized spacial score (nSPS) is 10.9. The fourth-order valence-electron chi connectivity index (χ4n) is 2.88. The van der Waals surface area contributed by atoms with E-state index in [9.17, 15) is 0 Å². The van der Waals surface area contributed by atoms with Crippen LogP contribution in [0.3, 0.4) is 0 Å². The molecular weight excluding hydrogens is 350 g/mol. The third-order valence-electron chi connectivity index (χ3n) is 4.07. The SMILES string of the molecule is CCOC(OCC)[Si]c1ccc(N(c2ccccc2)c2ccccc2)cc1. The number of benzene rings is 3. The summed E-state index contributed by atoms with van der Waals surface area (Å²) < 4.78 is 11.4. The van der Waals surface area contributed by atoms with E-state index in [1.165, 1.54) is 5.19 Å². The van der Waals surface area contributed by atoms with Crippen LogP contribution in [-0.4, -0.2) is 28.6 Å². The van der Waals surface area contributed by atoms with E-state index in [2.05, 4.69) is 77.7 Å². The fourth-order valence-corrected chi connectivity index (χ4v) is 4.01. The lowest BCUT2D eigenvalue weighted by Crippen LogP contribution is -2.33. The van der Waals surface area contributed by atoms with E-state index in [0.29, 0.717) is 22.7 Å². The van der Waals surface area contributed by atoms with Crippen LogP contribution in [0.25, 0.3) is 0 Å². The minimum absolute atomic E-state index is 0.162. The molecule has 0 aliphatic rings. The Morgan fingerprint density at radius 1 is 0.667 bits per heavy atom. The molecule has 0 aromatic heterocycles. The molecule has 0 aliphatic carbocycles. The van der Waals surface area contributed by atoms with E-state index in [4.69, 9.17) is 9.47 Å². The standard InChI is InChI=1S/C23H25NO2Si/c1-3-25-23(26-4-2)27-22-17-15-21(16-18-22)24(19-11-7-5-8-12-19)20-13-9-6-10-14-20/h5-18,23H,3-4H2,1-2H3. The maximum Gasteiger partial charge on any atom is 0.157 e. The molecule has 0 heterocycles. The molecule has 0 bridgehead atoms. The van der Waals surface area contributed by atoms with Crippen LogP contribution in [0.2, 0.25) is 0 Å². The van der Waals surface area contributed by atoms with Crippen molar-refractivity contribution in [2.24, 2.45) is 0 Å². The number of hydrogen-bond donors (Lipinski definition) is 0. The van der Waals surface area contributed by atoms with Crippen molar-refractivity contribution >= 4 is 31.8 Å². The Morgan fingerprint density at radius 2 is 1.11 bits per heavy atom. The number of nitrogens with zero attached hydrogens (tertiary/aromatic N) is 1. The summed E-state index contributed by atoms with van der Waals surface area (Å²) in [5, 5.41) is 1.23. The lowest BCUT2D eigenvalue weighted by Gasteiger charge is -2.25. The van der Waals surface area contributed by atoms with Crippen molar-refractivity contribution in [3.8, 4) is 0 Å². The number of rotatable bonds is 9. The first kappa shape index (κ1) is 19.4. The number of ether oxygens (including phenoxy) is 2. The van der Waals surface area contributed by atoms with Crippen molar-refractivity contribution in [3.63, 3.8) is 0 Å². The van der Waals surface area contributed by atoms with Crippen LogP contribution in [0.5, 0.6) is 0 Å². The van der Waals surface area contributed by atoms with Gasteiger partial charge in [-0.15, -0.1) is 0 Å². The molecule has 0 saturated heterocycles. The van der Waals surface area contributed by atoms with Gasteiger partial charge in [0.05, 0.1) is 0 Å². The summed E-state index contributed by atoms with van der Waals surface area (Å²) in [5.41, 5.74) is 3.41. The van der Waals surface area contributed by atoms with Crippen LogP contribution in [-0.2, 0) is 9.47 Å². The molecule has 0 saturated carbocycles. The fraction of sp³-hybridized carbons (Fsp3) is 0.217. The molecule has 0 spiro atoms. The molecule has 138 valence electrons. The van der Waals surface area contributed by atoms with E-state index < -0.39 is 0 Å². The molecule has 0 amide bonds. The van der Waals surface area contributed by atoms with E-state index >= 15 is 0 Å². The van der Waals surface area contributed by atoms with Gasteiger partial charge in [-0.2, -0.15) is 0 Å². The van der Waals surface area contributed by atoms with Gasteiger partial charge in [0.25, 0.3) is 0 Å². The van der Waals surface area contributed by atoms with Gasteiger partial charge in [0.1, 0.15) is 5.91 Å². The Bertz CT molecular complexity index is 748. The lowest BCUT2D eigenvalue weighted by molar-refractivity contribution is -0.0817. The Balaban J connectivity index is 1.86. The minimum atomic E-state index is -0.162. The predicted molar refractivity (Wildman–Crippen MR) is 114 cm³/mol. The zero-order valence-corrected chi connectivity index (χ0v) is 16.8. The quantitative estimate of drug-likeness (QED) is 0.394. The van der Waals surface area contributed by atoms with Crippen molar-refractivity contribution in [2.75, 3.05) is 18.1 Å². The van der Waals surface area contributed by atoms with Gasteiger partial charge >= 0.3 is 0 Å². The zero-order valence-electron chi connectivity index (χ0n) is 15.8. The van der Waals surface area contributed by atoms with Crippen molar-refractivity contribution in [2.45, 2.75) is 19.8 Å². The molecule has 0 fully saturated rings. The van der Waals surface area contributed by atoms with Crippen LogP contribution < -0.4 is 10.1 Å². The van der Waals surface area contributed by atoms with Gasteiger partial charge in [-0.1, -0.05) is 53.7 Å². The highest BCUT2D eigenvalue weighted by Gasteiger charge is 2.14. The van der Waals surface area contributed by atoms with Crippen LogP contribution >= 0.6 is 0 Å². The number of para-hydroxylation sites is 2. The van der Waals surface area contributed by atoms with Gasteiger partial charge in [-0.05, 0) is 50.2 Å². The topological polar surface area (TPSA) is 21.7 Å². The van der Waals surface area contributed by atoms with E-state index in [1.807, 2.05) is 26.0 Å². The second-order valence-electron chi connectivity index (χ2n) is 5.94. The molecule has 4 heteroatoms. The number of anilines is 3. The van der Waals surface area contributed by atoms with Crippen molar-refractivity contribution in [3.05, 3.63) is 84.9 Å². The second-order valence-corrected chi connectivity index (χ2v) is 7.28. The Hall–Kier alpha value is -2.40. The van der Waals surface area contributed by atoms with Gasteiger partial charge in [-0.3, -0.25) is 0 Å². The minimum Gasteiger partial charge on any atom is -0.357 e. The Kier molecular flexibility index (Phi) is 7.22. The molecule has 0 unspecified atom stereocenters. The van der Waals surface area contributed by atoms with Crippen molar-refractivity contribution in [1.82, 2.24) is 0 Å². The maximum absolute atomic E-state index is 5.68. The van der Waals surface area contributed by atoms with Crippen LogP contribution in [0.15, 0.2) is 84.9 Å². The van der Waals surface area contributed by atoms with Crippen molar-refractivity contribution in [1.29, 1.82) is 0 Å². The molecule has 3 aromatic rings. The lowest BCUT2D eigenvalue weighted by atomic mass is 10.2. The van der Waals surface area contributed by atoms with Gasteiger partial charge < -0.3 is 14.4 Å². The average molecular weight is 376 g/mol. The largest absolute Gasteiger partial charge is 0.357 e. The van der Waals surface area contributed by atoms with Crippen LogP contribution in [0, 0.1) is 0 Å². The summed E-state index contributed by atoms with van der Waals surface area (Å²) in [5.74, 6) is -0.162. The molecule has 27 heavy (non-hydrogen) atoms. The van der Waals surface area contributed by atoms with Crippen LogP contribution in [0.4, 0.5) is 17.1 Å². The first-order valence-electron chi connectivity index (χ1n) is 9.32. The maximum atomic E-state index is 5.68. The summed E-state index contributed by atoms with van der Waals surface area (Å²) in [6, 6.07) is 29.5. The van der Waals surface area contributed by atoms with Gasteiger partial charge in [0, 0.05) is 30.3 Å². The summed E-state index contributed by atoms with van der Waals surface area (Å²) in [6.45, 7) is 5.31. The zero-order chi connectivity index (χ0) is 18.9. The summed E-state index contributed by atoms with van der Waals surface area (Å²) in [7, 11) is 0.469. The third kappa shape index (κ3) is 5.29.